The van der Waals surface area contributed by atoms with Crippen LogP contribution in [0.3, 0.4) is 0 Å². The molecule has 0 fully saturated rings. The van der Waals surface area contributed by atoms with Crippen LogP contribution in [0, 0.1) is 6.92 Å². The van der Waals surface area contributed by atoms with E-state index in [1.807, 2.05) is 43.6 Å². The maximum absolute atomic E-state index is 12.3. The van der Waals surface area contributed by atoms with Crippen LogP contribution in [0.4, 0.5) is 5.69 Å². The zero-order chi connectivity index (χ0) is 14.1. The molecule has 3 aromatic rings. The van der Waals surface area contributed by atoms with Crippen LogP contribution in [0.5, 0.6) is 0 Å². The van der Waals surface area contributed by atoms with Gasteiger partial charge in [-0.1, -0.05) is 6.92 Å². The second kappa shape index (κ2) is 5.05. The molecule has 1 N–H and O–H groups in total. The lowest BCUT2D eigenvalue weighted by atomic mass is 10.3. The first-order valence-electron chi connectivity index (χ1n) is 6.38. The number of carbonyl (C=O) groups excluding carboxylic acids is 1. The Hall–Kier alpha value is -2.21. The Labute approximate surface area is 120 Å². The number of anilines is 1. The molecular weight excluding hydrogens is 272 g/mol. The number of thiophene rings is 1. The summed E-state index contributed by atoms with van der Waals surface area (Å²) < 4.78 is 1.69. The number of aromatic nitrogens is 3. The van der Waals surface area contributed by atoms with Crippen molar-refractivity contribution in [2.24, 2.45) is 0 Å². The first-order chi connectivity index (χ1) is 9.69. The molecule has 3 heterocycles. The minimum Gasteiger partial charge on any atom is -0.318 e. The summed E-state index contributed by atoms with van der Waals surface area (Å²) in [4.78, 5) is 17.4. The Morgan fingerprint density at radius 1 is 1.45 bits per heavy atom. The van der Waals surface area contributed by atoms with Crippen LogP contribution in [0.2, 0.25) is 0 Å². The number of pyridine rings is 1. The zero-order valence-electron chi connectivity index (χ0n) is 11.3. The minimum atomic E-state index is -0.105. The van der Waals surface area contributed by atoms with Gasteiger partial charge in [0.05, 0.1) is 10.6 Å². The second-order valence-corrected chi connectivity index (χ2v) is 5.37. The van der Waals surface area contributed by atoms with Crippen molar-refractivity contribution in [3.63, 3.8) is 0 Å². The predicted molar refractivity (Wildman–Crippen MR) is 79.4 cm³/mol. The second-order valence-electron chi connectivity index (χ2n) is 4.46. The number of carbonyl (C=O) groups is 1. The minimum absolute atomic E-state index is 0.105. The maximum atomic E-state index is 12.3. The molecule has 0 bridgehead atoms. The molecule has 5 nitrogen and oxygen atoms in total. The van der Waals surface area contributed by atoms with Crippen molar-refractivity contribution in [2.45, 2.75) is 20.3 Å². The van der Waals surface area contributed by atoms with Gasteiger partial charge in [0.25, 0.3) is 5.91 Å². The largest absolute Gasteiger partial charge is 0.318 e. The maximum Gasteiger partial charge on any atom is 0.266 e. The predicted octanol–water partition coefficient (Wildman–Crippen LogP) is 2.91. The van der Waals surface area contributed by atoms with Gasteiger partial charge in [0.15, 0.2) is 11.5 Å². The molecule has 1 amide bonds. The van der Waals surface area contributed by atoms with Gasteiger partial charge in [-0.15, -0.1) is 11.3 Å². The molecule has 0 atom stereocenters. The van der Waals surface area contributed by atoms with Gasteiger partial charge in [-0.2, -0.15) is 5.10 Å². The lowest BCUT2D eigenvalue weighted by Crippen LogP contribution is -2.12. The smallest absolute Gasteiger partial charge is 0.266 e. The van der Waals surface area contributed by atoms with Crippen LogP contribution in [0.15, 0.2) is 29.8 Å². The number of hydrogen-bond donors (Lipinski definition) is 1. The van der Waals surface area contributed by atoms with E-state index in [1.54, 1.807) is 4.52 Å². The summed E-state index contributed by atoms with van der Waals surface area (Å²) in [5.74, 6) is 0.658. The molecule has 0 saturated carbocycles. The molecule has 0 aliphatic carbocycles. The summed E-state index contributed by atoms with van der Waals surface area (Å²) in [6.45, 7) is 3.93. The molecule has 0 spiro atoms. The van der Waals surface area contributed by atoms with Crippen LogP contribution >= 0.6 is 11.3 Å². The average Bonchev–Trinajstić information content (AvgIpc) is 3.04. The molecule has 6 heteroatoms. The van der Waals surface area contributed by atoms with Gasteiger partial charge in [0.1, 0.15) is 0 Å². The fourth-order valence-electron chi connectivity index (χ4n) is 1.98. The van der Waals surface area contributed by atoms with E-state index < -0.39 is 0 Å². The van der Waals surface area contributed by atoms with E-state index in [9.17, 15) is 4.79 Å². The lowest BCUT2D eigenvalue weighted by molar-refractivity contribution is 0.103. The van der Waals surface area contributed by atoms with E-state index in [1.165, 1.54) is 11.3 Å². The van der Waals surface area contributed by atoms with E-state index in [0.717, 1.165) is 22.7 Å². The van der Waals surface area contributed by atoms with E-state index in [0.29, 0.717) is 11.3 Å². The number of hydrogen-bond acceptors (Lipinski definition) is 4. The number of nitrogens with zero attached hydrogens (tertiary/aromatic N) is 3. The number of amides is 1. The molecule has 20 heavy (non-hydrogen) atoms. The summed E-state index contributed by atoms with van der Waals surface area (Å²) in [5, 5.41) is 9.16. The van der Waals surface area contributed by atoms with E-state index in [-0.39, 0.29) is 5.91 Å². The Bertz CT molecular complexity index is 774. The number of rotatable bonds is 3. The highest BCUT2D eigenvalue weighted by Gasteiger charge is 2.13. The van der Waals surface area contributed by atoms with Gasteiger partial charge in [0, 0.05) is 12.6 Å². The molecule has 0 aliphatic rings. The van der Waals surface area contributed by atoms with Gasteiger partial charge in [0.2, 0.25) is 0 Å². The number of fused-ring (bicyclic) bond motifs is 1. The Morgan fingerprint density at radius 2 is 2.30 bits per heavy atom. The normalized spacial score (nSPS) is 10.9. The molecule has 0 radical (unpaired) electrons. The summed E-state index contributed by atoms with van der Waals surface area (Å²) in [7, 11) is 0. The first kappa shape index (κ1) is 12.8. The van der Waals surface area contributed by atoms with Crippen LogP contribution in [0.1, 0.15) is 28.0 Å². The van der Waals surface area contributed by atoms with Gasteiger partial charge >= 0.3 is 0 Å². The van der Waals surface area contributed by atoms with Gasteiger partial charge in [-0.25, -0.2) is 9.50 Å². The molecular formula is C14H14N4OS. The Morgan fingerprint density at radius 3 is 3.00 bits per heavy atom. The highest BCUT2D eigenvalue weighted by molar-refractivity contribution is 7.12. The average molecular weight is 286 g/mol. The topological polar surface area (TPSA) is 59.3 Å². The standard InChI is InChI=1S/C14H14N4OS/c1-3-11-16-13-10(5-4-7-18(13)17-11)15-14(19)12-9(2)6-8-20-12/h4-8H,3H2,1-2H3,(H,15,19). The van der Waals surface area contributed by atoms with Gasteiger partial charge in [-0.3, -0.25) is 4.79 Å². The third kappa shape index (κ3) is 2.18. The fourth-order valence-corrected chi connectivity index (χ4v) is 2.80. The molecule has 0 aromatic carbocycles. The monoisotopic (exact) mass is 286 g/mol. The summed E-state index contributed by atoms with van der Waals surface area (Å²) in [6.07, 6.45) is 2.59. The SMILES string of the molecule is CCc1nc2c(NC(=O)c3sccc3C)cccn2n1. The van der Waals surface area contributed by atoms with Crippen molar-refractivity contribution >= 4 is 28.6 Å². The van der Waals surface area contributed by atoms with E-state index in [2.05, 4.69) is 15.4 Å². The van der Waals surface area contributed by atoms with Crippen molar-refractivity contribution in [2.75, 3.05) is 5.32 Å². The third-order valence-electron chi connectivity index (χ3n) is 3.04. The number of nitrogens with one attached hydrogen (secondary N) is 1. The van der Waals surface area contributed by atoms with E-state index >= 15 is 0 Å². The molecule has 0 aliphatic heterocycles. The van der Waals surface area contributed by atoms with Crippen LogP contribution in [-0.4, -0.2) is 20.5 Å². The quantitative estimate of drug-likeness (QED) is 0.805. The first-order valence-corrected chi connectivity index (χ1v) is 7.26. The third-order valence-corrected chi connectivity index (χ3v) is 4.05. The van der Waals surface area contributed by atoms with Crippen molar-refractivity contribution in [3.8, 4) is 0 Å². The van der Waals surface area contributed by atoms with Crippen molar-refractivity contribution in [1.29, 1.82) is 0 Å². The van der Waals surface area contributed by atoms with E-state index in [4.69, 9.17) is 0 Å². The van der Waals surface area contributed by atoms with Gasteiger partial charge in [-0.05, 0) is 36.1 Å². The van der Waals surface area contributed by atoms with Crippen molar-refractivity contribution < 1.29 is 4.79 Å². The van der Waals surface area contributed by atoms with Crippen molar-refractivity contribution in [3.05, 3.63) is 46.0 Å². The highest BCUT2D eigenvalue weighted by Crippen LogP contribution is 2.20. The Kier molecular flexibility index (Phi) is 3.23. The van der Waals surface area contributed by atoms with Crippen LogP contribution in [0.25, 0.3) is 5.65 Å². The Balaban J connectivity index is 1.96. The van der Waals surface area contributed by atoms with Crippen LogP contribution < -0.4 is 5.32 Å². The molecule has 102 valence electrons. The molecule has 0 unspecified atom stereocenters. The highest BCUT2D eigenvalue weighted by atomic mass is 32.1. The summed E-state index contributed by atoms with van der Waals surface area (Å²) in [5.41, 5.74) is 2.33. The van der Waals surface area contributed by atoms with Crippen LogP contribution in [-0.2, 0) is 6.42 Å². The zero-order valence-corrected chi connectivity index (χ0v) is 12.1. The van der Waals surface area contributed by atoms with Gasteiger partial charge < -0.3 is 5.32 Å². The molecule has 0 saturated heterocycles. The van der Waals surface area contributed by atoms with Crippen molar-refractivity contribution in [1.82, 2.24) is 14.6 Å². The fraction of sp³-hybridized carbons (Fsp3) is 0.214. The molecule has 3 aromatic heterocycles. The molecule has 3 rings (SSSR count). The summed E-state index contributed by atoms with van der Waals surface area (Å²) >= 11 is 1.44. The number of aryl methyl sites for hydroxylation is 2. The lowest BCUT2D eigenvalue weighted by Gasteiger charge is -2.05. The summed E-state index contributed by atoms with van der Waals surface area (Å²) in [6, 6.07) is 5.62.